The van der Waals surface area contributed by atoms with E-state index in [-0.39, 0.29) is 0 Å². The highest BCUT2D eigenvalue weighted by Crippen LogP contribution is 2.13. The predicted molar refractivity (Wildman–Crippen MR) is 94.8 cm³/mol. The molecule has 0 atom stereocenters. The highest BCUT2D eigenvalue weighted by Gasteiger charge is 2.02. The quantitative estimate of drug-likeness (QED) is 0.628. The molecular formula is C16H21ClN4S. The molecular weight excluding hydrogens is 316 g/mol. The monoisotopic (exact) mass is 336 g/mol. The summed E-state index contributed by atoms with van der Waals surface area (Å²) in [5.74, 6) is 0.837. The van der Waals surface area contributed by atoms with Crippen LogP contribution in [0.1, 0.15) is 23.1 Å². The van der Waals surface area contributed by atoms with Gasteiger partial charge in [-0.1, -0.05) is 23.7 Å². The molecule has 0 aliphatic heterocycles. The summed E-state index contributed by atoms with van der Waals surface area (Å²) in [6.45, 7) is 6.41. The molecule has 2 aromatic rings. The summed E-state index contributed by atoms with van der Waals surface area (Å²) in [4.78, 5) is 10.1. The first-order valence-corrected chi connectivity index (χ1v) is 8.60. The van der Waals surface area contributed by atoms with E-state index in [1.165, 1.54) is 10.4 Å². The van der Waals surface area contributed by atoms with Gasteiger partial charge in [0, 0.05) is 23.0 Å². The molecule has 4 nitrogen and oxygen atoms in total. The highest BCUT2D eigenvalue weighted by molar-refractivity contribution is 7.09. The molecule has 0 spiro atoms. The summed E-state index contributed by atoms with van der Waals surface area (Å²) < 4.78 is 0. The molecule has 118 valence electrons. The maximum absolute atomic E-state index is 5.89. The van der Waals surface area contributed by atoms with E-state index in [0.717, 1.165) is 36.2 Å². The summed E-state index contributed by atoms with van der Waals surface area (Å²) in [5.41, 5.74) is 4.18. The van der Waals surface area contributed by atoms with Gasteiger partial charge in [-0.05, 0) is 38.0 Å². The third kappa shape index (κ3) is 5.31. The Bertz CT molecular complexity index is 607. The summed E-state index contributed by atoms with van der Waals surface area (Å²) >= 11 is 7.54. The fraction of sp³-hybridized carbons (Fsp3) is 0.375. The first-order chi connectivity index (χ1) is 10.7. The zero-order valence-electron chi connectivity index (χ0n) is 12.9. The van der Waals surface area contributed by atoms with Gasteiger partial charge >= 0.3 is 0 Å². The van der Waals surface area contributed by atoms with E-state index in [2.05, 4.69) is 39.7 Å². The normalized spacial score (nSPS) is 11.5. The maximum Gasteiger partial charge on any atom is 0.191 e. The Morgan fingerprint density at radius 2 is 2.05 bits per heavy atom. The van der Waals surface area contributed by atoms with Crippen LogP contribution in [0.3, 0.4) is 0 Å². The van der Waals surface area contributed by atoms with Crippen molar-refractivity contribution in [3.63, 3.8) is 0 Å². The molecule has 2 N–H and O–H groups in total. The van der Waals surface area contributed by atoms with E-state index in [1.54, 1.807) is 11.3 Å². The fourth-order valence-corrected chi connectivity index (χ4v) is 2.77. The van der Waals surface area contributed by atoms with Gasteiger partial charge in [0.05, 0.1) is 17.7 Å². The molecule has 0 bridgehead atoms. The number of aryl methyl sites for hydroxylation is 1. The van der Waals surface area contributed by atoms with Crippen LogP contribution in [0, 0.1) is 6.92 Å². The largest absolute Gasteiger partial charge is 0.357 e. The van der Waals surface area contributed by atoms with Crippen molar-refractivity contribution in [2.24, 2.45) is 4.99 Å². The van der Waals surface area contributed by atoms with Crippen LogP contribution in [-0.4, -0.2) is 24.0 Å². The van der Waals surface area contributed by atoms with E-state index >= 15 is 0 Å². The number of aliphatic imine (C=N–C) groups is 1. The van der Waals surface area contributed by atoms with Crippen molar-refractivity contribution in [2.75, 3.05) is 13.1 Å². The fourth-order valence-electron chi connectivity index (χ4n) is 1.95. The maximum atomic E-state index is 5.89. The van der Waals surface area contributed by atoms with E-state index in [9.17, 15) is 0 Å². The molecule has 0 aliphatic carbocycles. The second-order valence-electron chi connectivity index (χ2n) is 4.86. The lowest BCUT2D eigenvalue weighted by molar-refractivity contribution is 0.800. The second-order valence-corrected chi connectivity index (χ2v) is 6.24. The average Bonchev–Trinajstić information content (AvgIpc) is 2.92. The number of nitrogens with one attached hydrogen (secondary N) is 2. The van der Waals surface area contributed by atoms with Crippen molar-refractivity contribution >= 4 is 28.9 Å². The Balaban J connectivity index is 1.85. The lowest BCUT2D eigenvalue weighted by Crippen LogP contribution is -2.38. The third-order valence-corrected chi connectivity index (χ3v) is 4.36. The Labute approximate surface area is 140 Å². The van der Waals surface area contributed by atoms with Crippen LogP contribution in [0.2, 0.25) is 5.02 Å². The molecule has 2 rings (SSSR count). The summed E-state index contributed by atoms with van der Waals surface area (Å²) in [6, 6.07) is 7.94. The number of aromatic nitrogens is 1. The van der Waals surface area contributed by atoms with E-state index in [4.69, 9.17) is 11.6 Å². The van der Waals surface area contributed by atoms with Crippen LogP contribution < -0.4 is 10.6 Å². The van der Waals surface area contributed by atoms with Crippen molar-refractivity contribution in [3.8, 4) is 0 Å². The van der Waals surface area contributed by atoms with E-state index in [1.807, 2.05) is 24.6 Å². The SMILES string of the molecule is CCNC(=NCc1scnc1C)NCCc1ccc(Cl)cc1. The van der Waals surface area contributed by atoms with Crippen molar-refractivity contribution in [1.82, 2.24) is 15.6 Å². The zero-order chi connectivity index (χ0) is 15.8. The Hall–Kier alpha value is -1.59. The summed E-state index contributed by atoms with van der Waals surface area (Å²) in [6.07, 6.45) is 0.932. The molecule has 0 radical (unpaired) electrons. The van der Waals surface area contributed by atoms with Crippen molar-refractivity contribution in [3.05, 3.63) is 50.9 Å². The minimum Gasteiger partial charge on any atom is -0.357 e. The van der Waals surface area contributed by atoms with Crippen molar-refractivity contribution in [1.29, 1.82) is 0 Å². The minimum absolute atomic E-state index is 0.660. The Kier molecular flexibility index (Phi) is 6.68. The molecule has 0 amide bonds. The first kappa shape index (κ1) is 16.8. The topological polar surface area (TPSA) is 49.3 Å². The van der Waals surface area contributed by atoms with Crippen LogP contribution in [0.15, 0.2) is 34.8 Å². The van der Waals surface area contributed by atoms with Crippen LogP contribution in [0.25, 0.3) is 0 Å². The molecule has 22 heavy (non-hydrogen) atoms. The van der Waals surface area contributed by atoms with Gasteiger partial charge in [-0.25, -0.2) is 9.98 Å². The highest BCUT2D eigenvalue weighted by atomic mass is 35.5. The average molecular weight is 337 g/mol. The molecule has 0 saturated heterocycles. The summed E-state index contributed by atoms with van der Waals surface area (Å²) in [5, 5.41) is 7.39. The number of halogens is 1. The lowest BCUT2D eigenvalue weighted by Gasteiger charge is -2.11. The smallest absolute Gasteiger partial charge is 0.191 e. The molecule has 0 unspecified atom stereocenters. The van der Waals surface area contributed by atoms with Gasteiger partial charge in [-0.2, -0.15) is 0 Å². The van der Waals surface area contributed by atoms with Crippen LogP contribution in [-0.2, 0) is 13.0 Å². The second kappa shape index (κ2) is 8.76. The Morgan fingerprint density at radius 1 is 1.27 bits per heavy atom. The molecule has 1 aromatic carbocycles. The van der Waals surface area contributed by atoms with Gasteiger partial charge in [0.15, 0.2) is 5.96 Å². The number of thiazole rings is 1. The van der Waals surface area contributed by atoms with Gasteiger partial charge in [-0.15, -0.1) is 11.3 Å². The zero-order valence-corrected chi connectivity index (χ0v) is 14.5. The molecule has 1 heterocycles. The van der Waals surface area contributed by atoms with Crippen LogP contribution >= 0.6 is 22.9 Å². The standard InChI is InChI=1S/C16H21ClN4S/c1-3-18-16(20-10-15-12(2)21-11-22-15)19-9-8-13-4-6-14(17)7-5-13/h4-7,11H,3,8-10H2,1-2H3,(H2,18,19,20). The molecule has 0 fully saturated rings. The van der Waals surface area contributed by atoms with Crippen molar-refractivity contribution < 1.29 is 0 Å². The minimum atomic E-state index is 0.660. The predicted octanol–water partition coefficient (Wildman–Crippen LogP) is 3.40. The number of benzene rings is 1. The van der Waals surface area contributed by atoms with E-state index < -0.39 is 0 Å². The van der Waals surface area contributed by atoms with Gasteiger partial charge < -0.3 is 10.6 Å². The third-order valence-electron chi connectivity index (χ3n) is 3.19. The number of rotatable bonds is 6. The van der Waals surface area contributed by atoms with Gasteiger partial charge in [0.2, 0.25) is 0 Å². The summed E-state index contributed by atoms with van der Waals surface area (Å²) in [7, 11) is 0. The van der Waals surface area contributed by atoms with E-state index in [0.29, 0.717) is 6.54 Å². The van der Waals surface area contributed by atoms with Gasteiger partial charge in [0.25, 0.3) is 0 Å². The number of nitrogens with zero attached hydrogens (tertiary/aromatic N) is 2. The molecule has 0 saturated carbocycles. The molecule has 1 aromatic heterocycles. The van der Waals surface area contributed by atoms with Gasteiger partial charge in [0.1, 0.15) is 0 Å². The van der Waals surface area contributed by atoms with Crippen molar-refractivity contribution in [2.45, 2.75) is 26.8 Å². The number of hydrogen-bond donors (Lipinski definition) is 2. The van der Waals surface area contributed by atoms with Crippen LogP contribution in [0.4, 0.5) is 0 Å². The molecule has 6 heteroatoms. The first-order valence-electron chi connectivity index (χ1n) is 7.34. The van der Waals surface area contributed by atoms with Crippen LogP contribution in [0.5, 0.6) is 0 Å². The molecule has 0 aliphatic rings. The lowest BCUT2D eigenvalue weighted by atomic mass is 10.1. The number of hydrogen-bond acceptors (Lipinski definition) is 3. The Morgan fingerprint density at radius 3 is 2.68 bits per heavy atom. The van der Waals surface area contributed by atoms with Gasteiger partial charge in [-0.3, -0.25) is 0 Å². The number of guanidine groups is 1.